The first kappa shape index (κ1) is 13.4. The quantitative estimate of drug-likeness (QED) is 0.912. The number of hydrogen-bond acceptors (Lipinski definition) is 3. The summed E-state index contributed by atoms with van der Waals surface area (Å²) >= 11 is 3.20. The molecule has 1 heterocycles. The lowest BCUT2D eigenvalue weighted by molar-refractivity contribution is -0.0226. The van der Waals surface area contributed by atoms with Gasteiger partial charge in [0, 0.05) is 18.7 Å². The van der Waals surface area contributed by atoms with Crippen molar-refractivity contribution in [3.63, 3.8) is 0 Å². The van der Waals surface area contributed by atoms with Crippen LogP contribution in [0.2, 0.25) is 0 Å². The van der Waals surface area contributed by atoms with E-state index in [0.29, 0.717) is 29.7 Å². The first-order chi connectivity index (χ1) is 8.61. The molecule has 1 fully saturated rings. The highest BCUT2D eigenvalue weighted by Gasteiger charge is 2.24. The number of benzene rings is 1. The smallest absolute Gasteiger partial charge is 0.254 e. The zero-order chi connectivity index (χ0) is 13.1. The molecule has 0 aromatic heterocycles. The Morgan fingerprint density at radius 2 is 2.39 bits per heavy atom. The molecule has 0 aliphatic carbocycles. The number of carbonyl (C=O) groups is 1. The van der Waals surface area contributed by atoms with Gasteiger partial charge in [-0.3, -0.25) is 4.79 Å². The molecule has 0 radical (unpaired) electrons. The fraction of sp³-hybridized carbons (Fsp3) is 0.462. The Bertz CT molecular complexity index is 450. The van der Waals surface area contributed by atoms with Crippen LogP contribution in [0.4, 0.5) is 0 Å². The fourth-order valence-corrected chi connectivity index (χ4v) is 2.23. The first-order valence-electron chi connectivity index (χ1n) is 6.01. The lowest BCUT2D eigenvalue weighted by atomic mass is 10.1. The summed E-state index contributed by atoms with van der Waals surface area (Å²) in [7, 11) is 0. The summed E-state index contributed by atoms with van der Waals surface area (Å²) in [5.41, 5.74) is 0.507. The molecule has 1 amide bonds. The van der Waals surface area contributed by atoms with Gasteiger partial charge in [-0.05, 0) is 40.5 Å². The summed E-state index contributed by atoms with van der Waals surface area (Å²) in [6.45, 7) is 3.84. The monoisotopic (exact) mass is 313 g/mol. The fourth-order valence-electron chi connectivity index (χ4n) is 1.98. The van der Waals surface area contributed by atoms with Crippen LogP contribution in [0, 0.1) is 0 Å². The number of hydrogen-bond donors (Lipinski definition) is 1. The highest BCUT2D eigenvalue weighted by Crippen LogP contribution is 2.25. The second-order valence-corrected chi connectivity index (χ2v) is 5.17. The van der Waals surface area contributed by atoms with Gasteiger partial charge in [0.1, 0.15) is 5.75 Å². The molecule has 0 bridgehead atoms. The van der Waals surface area contributed by atoms with E-state index in [2.05, 4.69) is 15.9 Å². The van der Waals surface area contributed by atoms with E-state index < -0.39 is 0 Å². The maximum absolute atomic E-state index is 12.3. The van der Waals surface area contributed by atoms with Gasteiger partial charge in [-0.15, -0.1) is 0 Å². The van der Waals surface area contributed by atoms with Crippen molar-refractivity contribution < 1.29 is 14.6 Å². The zero-order valence-corrected chi connectivity index (χ0v) is 11.8. The summed E-state index contributed by atoms with van der Waals surface area (Å²) in [4.78, 5) is 14.0. The number of phenolic OH excluding ortho intramolecular Hbond substituents is 1. The molecular formula is C13H16BrNO3. The molecule has 1 unspecified atom stereocenters. The van der Waals surface area contributed by atoms with Gasteiger partial charge >= 0.3 is 0 Å². The van der Waals surface area contributed by atoms with Crippen molar-refractivity contribution in [1.29, 1.82) is 0 Å². The third-order valence-electron chi connectivity index (χ3n) is 3.07. The minimum Gasteiger partial charge on any atom is -0.507 e. The van der Waals surface area contributed by atoms with Crippen molar-refractivity contribution in [3.05, 3.63) is 28.2 Å². The Kier molecular flexibility index (Phi) is 4.24. The summed E-state index contributed by atoms with van der Waals surface area (Å²) in [5.74, 6) is 0.0284. The van der Waals surface area contributed by atoms with Gasteiger partial charge in [0.05, 0.1) is 17.2 Å². The van der Waals surface area contributed by atoms with Crippen LogP contribution in [0.15, 0.2) is 22.7 Å². The summed E-state index contributed by atoms with van der Waals surface area (Å²) in [5, 5.41) is 9.60. The number of phenols is 1. The maximum atomic E-state index is 12.3. The summed E-state index contributed by atoms with van der Waals surface area (Å²) in [6.07, 6.45) is 1.02. The van der Waals surface area contributed by atoms with Gasteiger partial charge in [0.15, 0.2) is 0 Å². The normalized spacial score (nSPS) is 19.9. The van der Waals surface area contributed by atoms with Crippen LogP contribution in [0.3, 0.4) is 0 Å². The molecule has 1 aromatic rings. The van der Waals surface area contributed by atoms with Crippen LogP contribution in [0.25, 0.3) is 0 Å². The lowest BCUT2D eigenvalue weighted by Crippen LogP contribution is -2.45. The van der Waals surface area contributed by atoms with E-state index in [0.717, 1.165) is 6.42 Å². The van der Waals surface area contributed by atoms with Gasteiger partial charge < -0.3 is 14.7 Å². The second kappa shape index (κ2) is 5.71. The van der Waals surface area contributed by atoms with E-state index in [4.69, 9.17) is 4.74 Å². The van der Waals surface area contributed by atoms with Crippen molar-refractivity contribution >= 4 is 21.8 Å². The van der Waals surface area contributed by atoms with E-state index in [1.54, 1.807) is 17.0 Å². The molecule has 2 rings (SSSR count). The van der Waals surface area contributed by atoms with E-state index in [1.807, 2.05) is 6.92 Å². The molecule has 4 nitrogen and oxygen atoms in total. The number of nitrogens with zero attached hydrogens (tertiary/aromatic N) is 1. The second-order valence-electron chi connectivity index (χ2n) is 4.32. The number of amides is 1. The number of carbonyl (C=O) groups excluding carboxylic acids is 1. The number of halogens is 1. The van der Waals surface area contributed by atoms with Gasteiger partial charge in [-0.2, -0.15) is 0 Å². The topological polar surface area (TPSA) is 49.8 Å². The third kappa shape index (κ3) is 2.84. The van der Waals surface area contributed by atoms with Crippen LogP contribution in [-0.4, -0.2) is 41.7 Å². The summed E-state index contributed by atoms with van der Waals surface area (Å²) in [6, 6.07) is 4.88. The van der Waals surface area contributed by atoms with E-state index in [9.17, 15) is 9.90 Å². The van der Waals surface area contributed by atoms with Crippen LogP contribution in [0.1, 0.15) is 23.7 Å². The molecule has 1 aliphatic heterocycles. The minimum absolute atomic E-state index is 0.0560. The van der Waals surface area contributed by atoms with Gasteiger partial charge in [0.2, 0.25) is 0 Å². The van der Waals surface area contributed by atoms with Gasteiger partial charge in [-0.25, -0.2) is 0 Å². The standard InChI is InChI=1S/C13H16BrNO3/c1-2-10-8-15(5-6-18-10)13(17)9-3-4-11(14)12(16)7-9/h3-4,7,10,16H,2,5-6,8H2,1H3. The third-order valence-corrected chi connectivity index (χ3v) is 3.74. The van der Waals surface area contributed by atoms with Crippen molar-refractivity contribution in [2.24, 2.45) is 0 Å². The lowest BCUT2D eigenvalue weighted by Gasteiger charge is -2.32. The number of rotatable bonds is 2. The Morgan fingerprint density at radius 3 is 3.06 bits per heavy atom. The Hall–Kier alpha value is -1.07. The van der Waals surface area contributed by atoms with Crippen molar-refractivity contribution in [1.82, 2.24) is 4.90 Å². The van der Waals surface area contributed by atoms with Crippen molar-refractivity contribution in [2.75, 3.05) is 19.7 Å². The highest BCUT2D eigenvalue weighted by molar-refractivity contribution is 9.10. The molecule has 1 aliphatic rings. The molecular weight excluding hydrogens is 298 g/mol. The molecule has 18 heavy (non-hydrogen) atoms. The molecule has 0 spiro atoms. The number of morpholine rings is 1. The average molecular weight is 314 g/mol. The number of ether oxygens (including phenoxy) is 1. The van der Waals surface area contributed by atoms with Crippen LogP contribution in [0.5, 0.6) is 5.75 Å². The largest absolute Gasteiger partial charge is 0.507 e. The van der Waals surface area contributed by atoms with Crippen molar-refractivity contribution in [2.45, 2.75) is 19.4 Å². The van der Waals surface area contributed by atoms with Crippen LogP contribution >= 0.6 is 15.9 Å². The first-order valence-corrected chi connectivity index (χ1v) is 6.80. The molecule has 1 atom stereocenters. The SMILES string of the molecule is CCC1CN(C(=O)c2ccc(Br)c(O)c2)CCO1. The molecule has 1 N–H and O–H groups in total. The Morgan fingerprint density at radius 1 is 1.61 bits per heavy atom. The van der Waals surface area contributed by atoms with Gasteiger partial charge in [-0.1, -0.05) is 6.92 Å². The molecule has 5 heteroatoms. The van der Waals surface area contributed by atoms with Gasteiger partial charge in [0.25, 0.3) is 5.91 Å². The van der Waals surface area contributed by atoms with Crippen molar-refractivity contribution in [3.8, 4) is 5.75 Å². The molecule has 1 saturated heterocycles. The van der Waals surface area contributed by atoms with Crippen LogP contribution in [-0.2, 0) is 4.74 Å². The predicted molar refractivity (Wildman–Crippen MR) is 71.7 cm³/mol. The van der Waals surface area contributed by atoms with E-state index in [-0.39, 0.29) is 17.8 Å². The molecule has 1 aromatic carbocycles. The molecule has 98 valence electrons. The minimum atomic E-state index is -0.0560. The summed E-state index contributed by atoms with van der Waals surface area (Å²) < 4.78 is 6.13. The van der Waals surface area contributed by atoms with E-state index in [1.165, 1.54) is 6.07 Å². The maximum Gasteiger partial charge on any atom is 0.254 e. The highest BCUT2D eigenvalue weighted by atomic mass is 79.9. The Labute approximate surface area is 115 Å². The predicted octanol–water partition coefficient (Wildman–Crippen LogP) is 2.41. The average Bonchev–Trinajstić information content (AvgIpc) is 2.41. The molecule has 0 saturated carbocycles. The Balaban J connectivity index is 2.12. The number of aromatic hydroxyl groups is 1. The van der Waals surface area contributed by atoms with Crippen LogP contribution < -0.4 is 0 Å². The zero-order valence-electron chi connectivity index (χ0n) is 10.2. The van der Waals surface area contributed by atoms with E-state index >= 15 is 0 Å².